The minimum absolute atomic E-state index is 0.570. The van der Waals surface area contributed by atoms with Crippen LogP contribution in [0.2, 0.25) is 0 Å². The molecule has 7 nitrogen and oxygen atoms in total. The van der Waals surface area contributed by atoms with Crippen LogP contribution in [0.4, 0.5) is 13.2 Å². The summed E-state index contributed by atoms with van der Waals surface area (Å²) in [6.45, 7) is 8.76. The van der Waals surface area contributed by atoms with Crippen LogP contribution in [0.3, 0.4) is 0 Å². The van der Waals surface area contributed by atoms with Gasteiger partial charge in [0, 0.05) is 37.3 Å². The van der Waals surface area contributed by atoms with Crippen molar-refractivity contribution in [1.82, 2.24) is 14.7 Å². The summed E-state index contributed by atoms with van der Waals surface area (Å²) in [4.78, 5) is 11.3. The molecule has 1 N–H and O–H groups in total. The number of fused-ring (bicyclic) bond motifs is 1. The number of nitrogens with zero attached hydrogens (tertiary/aromatic N) is 3. The molecule has 1 aliphatic carbocycles. The second-order valence-electron chi connectivity index (χ2n) is 7.64. The van der Waals surface area contributed by atoms with Crippen LogP contribution in [0, 0.1) is 5.92 Å². The Balaban J connectivity index is 0.000000339. The van der Waals surface area contributed by atoms with Crippen LogP contribution in [0.25, 0.3) is 0 Å². The molecule has 4 rings (SSSR count). The van der Waals surface area contributed by atoms with Crippen LogP contribution in [0.5, 0.6) is 0 Å². The van der Waals surface area contributed by atoms with E-state index in [0.29, 0.717) is 13.2 Å². The van der Waals surface area contributed by atoms with Gasteiger partial charge in [0.1, 0.15) is 5.76 Å². The molecule has 3 heterocycles. The number of alkyl halides is 3. The summed E-state index contributed by atoms with van der Waals surface area (Å²) < 4.78 is 45.2. The number of carboxylic acids is 1. The van der Waals surface area contributed by atoms with E-state index < -0.39 is 12.1 Å². The van der Waals surface area contributed by atoms with Gasteiger partial charge in [0.15, 0.2) is 0 Å². The molecule has 0 aromatic carbocycles. The highest BCUT2D eigenvalue weighted by atomic mass is 19.4. The lowest BCUT2D eigenvalue weighted by Gasteiger charge is -2.27. The summed E-state index contributed by atoms with van der Waals surface area (Å²) in [6.07, 6.45) is 2.20. The maximum atomic E-state index is 10.6. The molecule has 1 aliphatic heterocycles. The predicted molar refractivity (Wildman–Crippen MR) is 105 cm³/mol. The van der Waals surface area contributed by atoms with Crippen molar-refractivity contribution < 1.29 is 32.2 Å². The quantitative estimate of drug-likeness (QED) is 0.496. The largest absolute Gasteiger partial charge is 0.490 e. The minimum atomic E-state index is -5.08. The van der Waals surface area contributed by atoms with Gasteiger partial charge in [0.25, 0.3) is 0 Å². The van der Waals surface area contributed by atoms with Crippen LogP contribution in [0.1, 0.15) is 35.6 Å². The van der Waals surface area contributed by atoms with Gasteiger partial charge in [-0.05, 0) is 30.9 Å². The van der Waals surface area contributed by atoms with E-state index in [0.717, 1.165) is 50.0 Å². The number of carbonyl (C=O) groups is 1. The number of ether oxygens (including phenoxy) is 1. The molecule has 2 aromatic heterocycles. The van der Waals surface area contributed by atoms with Crippen molar-refractivity contribution in [2.24, 2.45) is 5.92 Å². The summed E-state index contributed by atoms with van der Waals surface area (Å²) in [5.74, 6) is -0.905. The highest BCUT2D eigenvalue weighted by molar-refractivity contribution is 5.73. The first-order valence-electron chi connectivity index (χ1n) is 10.1. The average molecular weight is 441 g/mol. The van der Waals surface area contributed by atoms with E-state index in [9.17, 15) is 13.2 Å². The number of furan rings is 1. The molecule has 0 atom stereocenters. The lowest BCUT2D eigenvalue weighted by atomic mass is 10.0. The second kappa shape index (κ2) is 10.1. The van der Waals surface area contributed by atoms with Crippen molar-refractivity contribution in [3.63, 3.8) is 0 Å². The molecule has 1 saturated carbocycles. The maximum absolute atomic E-state index is 10.6. The molecule has 31 heavy (non-hydrogen) atoms. The van der Waals surface area contributed by atoms with Crippen molar-refractivity contribution >= 4 is 5.97 Å². The van der Waals surface area contributed by atoms with E-state index in [1.54, 1.807) is 12.3 Å². The number of aliphatic carboxylic acids is 1. The molecule has 0 saturated heterocycles. The molecule has 0 amide bonds. The van der Waals surface area contributed by atoms with Gasteiger partial charge >= 0.3 is 12.1 Å². The van der Waals surface area contributed by atoms with Crippen LogP contribution >= 0.6 is 0 Å². The molecular formula is C21H26F3N3O4. The Kier molecular flexibility index (Phi) is 7.55. The first-order chi connectivity index (χ1) is 14.8. The normalized spacial score (nSPS) is 16.4. The van der Waals surface area contributed by atoms with E-state index in [4.69, 9.17) is 24.2 Å². The van der Waals surface area contributed by atoms with Crippen molar-refractivity contribution in [2.75, 3.05) is 13.2 Å². The van der Waals surface area contributed by atoms with Crippen molar-refractivity contribution in [3.8, 4) is 0 Å². The molecule has 0 unspecified atom stereocenters. The van der Waals surface area contributed by atoms with E-state index in [1.165, 1.54) is 24.1 Å². The molecular weight excluding hydrogens is 415 g/mol. The molecule has 2 aromatic rings. The number of aromatic nitrogens is 2. The fraction of sp³-hybridized carbons (Fsp3) is 0.524. The first kappa shape index (κ1) is 23.1. The zero-order valence-electron chi connectivity index (χ0n) is 17.1. The van der Waals surface area contributed by atoms with Gasteiger partial charge in [-0.15, -0.1) is 6.58 Å². The molecule has 10 heteroatoms. The lowest BCUT2D eigenvalue weighted by molar-refractivity contribution is -0.192. The molecule has 2 aliphatic rings. The third-order valence-electron chi connectivity index (χ3n) is 5.10. The maximum Gasteiger partial charge on any atom is 0.490 e. The van der Waals surface area contributed by atoms with Gasteiger partial charge < -0.3 is 14.3 Å². The third-order valence-corrected chi connectivity index (χ3v) is 5.10. The summed E-state index contributed by atoms with van der Waals surface area (Å²) in [6, 6.07) is 3.99. The highest BCUT2D eigenvalue weighted by Gasteiger charge is 2.38. The van der Waals surface area contributed by atoms with E-state index in [-0.39, 0.29) is 0 Å². The number of rotatable bonds is 8. The monoisotopic (exact) mass is 441 g/mol. The zero-order chi connectivity index (χ0) is 22.4. The fourth-order valence-corrected chi connectivity index (χ4v) is 3.43. The fourth-order valence-electron chi connectivity index (χ4n) is 3.43. The topological polar surface area (TPSA) is 80.7 Å². The van der Waals surface area contributed by atoms with Crippen LogP contribution < -0.4 is 0 Å². The molecule has 0 radical (unpaired) electrons. The SMILES string of the molecule is C=CCOCc1nn(CC2CC2)c2c1CN(Cc1ccco1)CC2.O=C(O)C(F)(F)F. The smallest absolute Gasteiger partial charge is 0.475 e. The van der Waals surface area contributed by atoms with Gasteiger partial charge in [-0.3, -0.25) is 9.58 Å². The summed E-state index contributed by atoms with van der Waals surface area (Å²) >= 11 is 0. The van der Waals surface area contributed by atoms with E-state index >= 15 is 0 Å². The van der Waals surface area contributed by atoms with Crippen molar-refractivity contribution in [3.05, 3.63) is 53.8 Å². The van der Waals surface area contributed by atoms with Gasteiger partial charge in [-0.25, -0.2) is 4.79 Å². The van der Waals surface area contributed by atoms with Gasteiger partial charge in [0.05, 0.1) is 31.7 Å². The van der Waals surface area contributed by atoms with E-state index in [1.807, 2.05) is 12.1 Å². The summed E-state index contributed by atoms with van der Waals surface area (Å²) in [5, 5.41) is 12.0. The Labute approximate surface area is 178 Å². The minimum Gasteiger partial charge on any atom is -0.475 e. The van der Waals surface area contributed by atoms with E-state index in [2.05, 4.69) is 16.2 Å². The van der Waals surface area contributed by atoms with Crippen molar-refractivity contribution in [2.45, 2.75) is 51.7 Å². The zero-order valence-corrected chi connectivity index (χ0v) is 17.1. The molecule has 0 bridgehead atoms. The number of carboxylic acid groups (broad SMARTS) is 1. The van der Waals surface area contributed by atoms with Crippen LogP contribution in [0.15, 0.2) is 35.5 Å². The molecule has 170 valence electrons. The summed E-state index contributed by atoms with van der Waals surface area (Å²) in [5.41, 5.74) is 3.86. The molecule has 1 fully saturated rings. The first-order valence-corrected chi connectivity index (χ1v) is 10.1. The number of hydrogen-bond acceptors (Lipinski definition) is 5. The number of halogens is 3. The lowest BCUT2D eigenvalue weighted by Crippen LogP contribution is -2.31. The number of hydrogen-bond donors (Lipinski definition) is 1. The Morgan fingerprint density at radius 3 is 2.74 bits per heavy atom. The summed E-state index contributed by atoms with van der Waals surface area (Å²) in [7, 11) is 0. The van der Waals surface area contributed by atoms with Crippen molar-refractivity contribution in [1.29, 1.82) is 0 Å². The average Bonchev–Trinajstić information content (AvgIpc) is 3.26. The van der Waals surface area contributed by atoms with Gasteiger partial charge in [0.2, 0.25) is 0 Å². The Morgan fingerprint density at radius 2 is 2.16 bits per heavy atom. The Bertz CT molecular complexity index is 873. The van der Waals surface area contributed by atoms with Crippen LogP contribution in [-0.4, -0.2) is 45.1 Å². The van der Waals surface area contributed by atoms with Gasteiger partial charge in [-0.2, -0.15) is 18.3 Å². The Hall–Kier alpha value is -2.59. The third kappa shape index (κ3) is 6.70. The highest BCUT2D eigenvalue weighted by Crippen LogP contribution is 2.33. The predicted octanol–water partition coefficient (Wildman–Crippen LogP) is 3.78. The molecule has 0 spiro atoms. The standard InChI is InChI=1S/C19H25N3O2.C2HF3O2/c1-2-9-23-14-18-17-13-21(12-16-4-3-10-24-16)8-7-19(17)22(20-18)11-15-5-6-15;3-2(4,5)1(6)7/h2-4,10,15H,1,5-9,11-14H2;(H,6,7). The van der Waals surface area contributed by atoms with Crippen LogP contribution in [-0.2, 0) is 42.2 Å². The Morgan fingerprint density at radius 1 is 1.42 bits per heavy atom. The second-order valence-corrected chi connectivity index (χ2v) is 7.64. The van der Waals surface area contributed by atoms with Gasteiger partial charge in [-0.1, -0.05) is 6.08 Å².